The predicted octanol–water partition coefficient (Wildman–Crippen LogP) is 3.33. The molecule has 0 atom stereocenters. The van der Waals surface area contributed by atoms with E-state index in [1.165, 1.54) is 27.7 Å². The standard InChI is InChI=1S/C16H14N/c1-3-4-11-17-12(2)14-9-5-7-13-8-6-10-15(17)16(13)14/h1,5-10H,4,11H2,2H3/q+1. The summed E-state index contributed by atoms with van der Waals surface area (Å²) in [4.78, 5) is 0. The Morgan fingerprint density at radius 1 is 1.18 bits per heavy atom. The van der Waals surface area contributed by atoms with Gasteiger partial charge in [-0.25, -0.2) is 0 Å². The van der Waals surface area contributed by atoms with Gasteiger partial charge in [-0.3, -0.25) is 0 Å². The summed E-state index contributed by atoms with van der Waals surface area (Å²) in [6, 6.07) is 12.9. The molecule has 0 aromatic heterocycles. The fourth-order valence-corrected chi connectivity index (χ4v) is 2.64. The highest BCUT2D eigenvalue weighted by atomic mass is 15.0. The molecule has 0 unspecified atom stereocenters. The number of terminal acetylenes is 1. The lowest BCUT2D eigenvalue weighted by atomic mass is 10.0. The molecule has 3 rings (SSSR count). The number of benzene rings is 2. The van der Waals surface area contributed by atoms with E-state index in [9.17, 15) is 0 Å². The van der Waals surface area contributed by atoms with Crippen molar-refractivity contribution in [1.29, 1.82) is 0 Å². The molecule has 0 aliphatic carbocycles. The van der Waals surface area contributed by atoms with Gasteiger partial charge in [-0.15, -0.1) is 12.3 Å². The highest BCUT2D eigenvalue weighted by Gasteiger charge is 2.27. The molecule has 1 heterocycles. The summed E-state index contributed by atoms with van der Waals surface area (Å²) in [6.45, 7) is 3.07. The summed E-state index contributed by atoms with van der Waals surface area (Å²) in [5.74, 6) is 2.72. The molecule has 1 heteroatoms. The third-order valence-electron chi connectivity index (χ3n) is 3.45. The SMILES string of the molecule is C#CCC[N+]1=C(C)c2cccc3cccc1c23. The second-order valence-electron chi connectivity index (χ2n) is 4.37. The summed E-state index contributed by atoms with van der Waals surface area (Å²) in [5, 5.41) is 2.67. The molecular weight excluding hydrogens is 206 g/mol. The van der Waals surface area contributed by atoms with Gasteiger partial charge in [-0.2, -0.15) is 4.58 Å². The first kappa shape index (κ1) is 10.1. The van der Waals surface area contributed by atoms with E-state index in [0.717, 1.165) is 13.0 Å². The van der Waals surface area contributed by atoms with Gasteiger partial charge < -0.3 is 0 Å². The topological polar surface area (TPSA) is 3.01 Å². The quantitative estimate of drug-likeness (QED) is 0.539. The summed E-state index contributed by atoms with van der Waals surface area (Å²) in [7, 11) is 0. The van der Waals surface area contributed by atoms with E-state index < -0.39 is 0 Å². The number of rotatable bonds is 2. The van der Waals surface area contributed by atoms with Crippen molar-refractivity contribution >= 4 is 22.2 Å². The summed E-state index contributed by atoms with van der Waals surface area (Å²) in [6.07, 6.45) is 6.15. The zero-order chi connectivity index (χ0) is 11.8. The Morgan fingerprint density at radius 3 is 2.71 bits per heavy atom. The van der Waals surface area contributed by atoms with E-state index in [1.807, 2.05) is 0 Å². The Morgan fingerprint density at radius 2 is 1.94 bits per heavy atom. The summed E-state index contributed by atoms with van der Waals surface area (Å²) < 4.78 is 2.33. The van der Waals surface area contributed by atoms with Gasteiger partial charge in [-0.05, 0) is 11.5 Å². The van der Waals surface area contributed by atoms with Gasteiger partial charge in [0.15, 0.2) is 12.3 Å². The van der Waals surface area contributed by atoms with E-state index in [2.05, 4.69) is 53.8 Å². The lowest BCUT2D eigenvalue weighted by molar-refractivity contribution is -0.435. The van der Waals surface area contributed by atoms with E-state index in [4.69, 9.17) is 6.42 Å². The monoisotopic (exact) mass is 220 g/mol. The average Bonchev–Trinajstić information content (AvgIpc) is 2.64. The Balaban J connectivity index is 2.26. The fraction of sp³-hybridized carbons (Fsp3) is 0.188. The molecule has 0 radical (unpaired) electrons. The molecule has 1 nitrogen and oxygen atoms in total. The second kappa shape index (κ2) is 3.75. The normalized spacial score (nSPS) is 13.2. The lowest BCUT2D eigenvalue weighted by Gasteiger charge is -1.99. The maximum atomic E-state index is 5.37. The van der Waals surface area contributed by atoms with E-state index in [-0.39, 0.29) is 0 Å². The number of hydrogen-bond donors (Lipinski definition) is 0. The van der Waals surface area contributed by atoms with Crippen LogP contribution in [0, 0.1) is 12.3 Å². The Hall–Kier alpha value is -2.07. The van der Waals surface area contributed by atoms with Crippen LogP contribution in [0.1, 0.15) is 18.9 Å². The zero-order valence-corrected chi connectivity index (χ0v) is 9.90. The maximum Gasteiger partial charge on any atom is 0.214 e. The van der Waals surface area contributed by atoms with Gasteiger partial charge in [0.25, 0.3) is 0 Å². The van der Waals surface area contributed by atoms with Gasteiger partial charge in [-0.1, -0.05) is 24.3 Å². The minimum Gasteiger partial charge on any atom is -0.194 e. The molecule has 1 aliphatic rings. The smallest absolute Gasteiger partial charge is 0.194 e. The minimum atomic E-state index is 0.779. The van der Waals surface area contributed by atoms with Crippen LogP contribution in [0.4, 0.5) is 5.69 Å². The van der Waals surface area contributed by atoms with Crippen molar-refractivity contribution in [3.05, 3.63) is 42.0 Å². The molecule has 0 N–H and O–H groups in total. The van der Waals surface area contributed by atoms with E-state index in [1.54, 1.807) is 0 Å². The molecule has 1 aliphatic heterocycles. The Bertz CT molecular complexity index is 666. The van der Waals surface area contributed by atoms with Gasteiger partial charge in [0.1, 0.15) is 0 Å². The lowest BCUT2D eigenvalue weighted by Crippen LogP contribution is -2.11. The van der Waals surface area contributed by atoms with E-state index in [0.29, 0.717) is 0 Å². The molecule has 0 saturated heterocycles. The Labute approximate surface area is 101 Å². The van der Waals surface area contributed by atoms with Crippen LogP contribution in [0.3, 0.4) is 0 Å². The molecule has 0 bridgehead atoms. The van der Waals surface area contributed by atoms with Crippen LogP contribution in [0.25, 0.3) is 10.8 Å². The summed E-state index contributed by atoms with van der Waals surface area (Å²) in [5.41, 5.74) is 3.95. The van der Waals surface area contributed by atoms with Crippen LogP contribution in [0.5, 0.6) is 0 Å². The largest absolute Gasteiger partial charge is 0.214 e. The molecule has 2 aromatic rings. The predicted molar refractivity (Wildman–Crippen MR) is 72.0 cm³/mol. The maximum absolute atomic E-state index is 5.37. The first-order valence-corrected chi connectivity index (χ1v) is 5.89. The molecule has 82 valence electrons. The zero-order valence-electron chi connectivity index (χ0n) is 9.90. The number of nitrogens with zero attached hydrogens (tertiary/aromatic N) is 1. The van der Waals surface area contributed by atoms with Crippen molar-refractivity contribution in [2.75, 3.05) is 6.54 Å². The van der Waals surface area contributed by atoms with Crippen LogP contribution in [-0.2, 0) is 0 Å². The van der Waals surface area contributed by atoms with Gasteiger partial charge in [0.05, 0.1) is 17.4 Å². The van der Waals surface area contributed by atoms with Gasteiger partial charge in [0, 0.05) is 13.0 Å². The molecular formula is C16H14N+. The minimum absolute atomic E-state index is 0.779. The highest BCUT2D eigenvalue weighted by Crippen LogP contribution is 2.34. The molecule has 17 heavy (non-hydrogen) atoms. The molecule has 0 saturated carbocycles. The van der Waals surface area contributed by atoms with Crippen LogP contribution >= 0.6 is 0 Å². The third-order valence-corrected chi connectivity index (χ3v) is 3.45. The van der Waals surface area contributed by atoms with Crippen LogP contribution in [0.2, 0.25) is 0 Å². The fourth-order valence-electron chi connectivity index (χ4n) is 2.64. The average molecular weight is 220 g/mol. The van der Waals surface area contributed by atoms with Gasteiger partial charge in [0.2, 0.25) is 5.69 Å². The Kier molecular flexibility index (Phi) is 2.23. The number of hydrogen-bond acceptors (Lipinski definition) is 0. The first-order chi connectivity index (χ1) is 8.33. The van der Waals surface area contributed by atoms with Crippen molar-refractivity contribution in [2.24, 2.45) is 0 Å². The first-order valence-electron chi connectivity index (χ1n) is 5.89. The third kappa shape index (κ3) is 1.38. The van der Waals surface area contributed by atoms with E-state index >= 15 is 0 Å². The van der Waals surface area contributed by atoms with Crippen molar-refractivity contribution in [3.63, 3.8) is 0 Å². The van der Waals surface area contributed by atoms with Crippen LogP contribution in [-0.4, -0.2) is 16.8 Å². The highest BCUT2D eigenvalue weighted by molar-refractivity contribution is 6.14. The second-order valence-corrected chi connectivity index (χ2v) is 4.37. The van der Waals surface area contributed by atoms with Crippen molar-refractivity contribution in [3.8, 4) is 12.3 Å². The molecule has 2 aromatic carbocycles. The van der Waals surface area contributed by atoms with Crippen molar-refractivity contribution in [2.45, 2.75) is 13.3 Å². The summed E-state index contributed by atoms with van der Waals surface area (Å²) >= 11 is 0. The van der Waals surface area contributed by atoms with Crippen molar-refractivity contribution in [1.82, 2.24) is 0 Å². The van der Waals surface area contributed by atoms with Gasteiger partial charge >= 0.3 is 0 Å². The molecule has 0 fully saturated rings. The van der Waals surface area contributed by atoms with Crippen LogP contribution in [0.15, 0.2) is 36.4 Å². The molecule has 0 amide bonds. The molecule has 0 spiro atoms. The van der Waals surface area contributed by atoms with Crippen molar-refractivity contribution < 1.29 is 4.58 Å². The van der Waals surface area contributed by atoms with Crippen LogP contribution < -0.4 is 0 Å².